The molecule has 0 radical (unpaired) electrons. The van der Waals surface area contributed by atoms with Crippen molar-refractivity contribution in [2.24, 2.45) is 7.05 Å². The lowest BCUT2D eigenvalue weighted by Crippen LogP contribution is -2.31. The van der Waals surface area contributed by atoms with Crippen molar-refractivity contribution in [2.45, 2.75) is 6.42 Å². The Morgan fingerprint density at radius 2 is 2.12 bits per heavy atom. The average Bonchev–Trinajstić information content (AvgIpc) is 3.35. The van der Waals surface area contributed by atoms with Crippen molar-refractivity contribution in [2.75, 3.05) is 17.2 Å². The predicted molar refractivity (Wildman–Crippen MR) is 113 cm³/mol. The number of rotatable bonds is 5. The van der Waals surface area contributed by atoms with Gasteiger partial charge in [-0.1, -0.05) is 6.07 Å². The van der Waals surface area contributed by atoms with Gasteiger partial charge in [-0.15, -0.1) is 5.10 Å². The standard InChI is InChI=1S/C20H18FN9O2/c1-30-24-9-14(29-30)28-20-23-8-6-12(27-20)16-17(15-11(25-16)5-7-22-19(15)32)26-13-4-2-3-10(21)18(13)31/h2-4,6,8-9,25-26,31H,5,7H2,1H3,(H,22,32)(H,23,27,28,29). The normalized spacial score (nSPS) is 12.9. The van der Waals surface area contributed by atoms with E-state index in [2.05, 4.69) is 41.1 Å². The molecule has 3 aromatic heterocycles. The molecule has 0 unspecified atom stereocenters. The zero-order valence-electron chi connectivity index (χ0n) is 16.8. The molecule has 0 fully saturated rings. The Bertz CT molecular complexity index is 1330. The molecule has 0 spiro atoms. The number of aromatic nitrogens is 6. The van der Waals surface area contributed by atoms with Crippen LogP contribution in [0.1, 0.15) is 16.1 Å². The highest BCUT2D eigenvalue weighted by molar-refractivity contribution is 6.06. The Kier molecular flexibility index (Phi) is 4.66. The Labute approximate surface area is 180 Å². The topological polar surface area (TPSA) is 146 Å². The third-order valence-electron chi connectivity index (χ3n) is 4.96. The highest BCUT2D eigenvalue weighted by Gasteiger charge is 2.28. The molecule has 0 saturated heterocycles. The number of fused-ring (bicyclic) bond motifs is 1. The SMILES string of the molecule is Cn1ncc(Nc2nccc(-c3[nH]c4c(c3Nc3cccc(F)c3O)C(=O)NCC4)n2)n1. The molecule has 5 rings (SSSR count). The van der Waals surface area contributed by atoms with Crippen LogP contribution in [0.25, 0.3) is 11.4 Å². The van der Waals surface area contributed by atoms with Gasteiger partial charge in [0, 0.05) is 31.9 Å². The summed E-state index contributed by atoms with van der Waals surface area (Å²) in [7, 11) is 1.69. The molecule has 0 atom stereocenters. The number of hydrogen-bond donors (Lipinski definition) is 5. The van der Waals surface area contributed by atoms with E-state index >= 15 is 0 Å². The molecule has 162 valence electrons. The van der Waals surface area contributed by atoms with Crippen LogP contribution in [0.4, 0.5) is 27.5 Å². The molecular formula is C20H18FN9O2. The van der Waals surface area contributed by atoms with E-state index < -0.39 is 11.6 Å². The van der Waals surface area contributed by atoms with Crippen molar-refractivity contribution in [3.63, 3.8) is 0 Å². The number of aromatic hydroxyl groups is 1. The Morgan fingerprint density at radius 3 is 2.94 bits per heavy atom. The first kappa shape index (κ1) is 19.5. The molecule has 5 N–H and O–H groups in total. The van der Waals surface area contributed by atoms with Crippen LogP contribution >= 0.6 is 0 Å². The molecular weight excluding hydrogens is 417 g/mol. The number of halogens is 1. The molecule has 0 bridgehead atoms. The molecule has 0 aliphatic carbocycles. The number of hydrogen-bond acceptors (Lipinski definition) is 8. The third-order valence-corrected chi connectivity index (χ3v) is 4.96. The number of nitrogens with one attached hydrogen (secondary N) is 4. The quantitative estimate of drug-likeness (QED) is 0.300. The maximum Gasteiger partial charge on any atom is 0.255 e. The minimum Gasteiger partial charge on any atom is -0.503 e. The molecule has 0 saturated carbocycles. The number of carbonyl (C=O) groups is 1. The van der Waals surface area contributed by atoms with E-state index in [1.807, 2.05) is 0 Å². The van der Waals surface area contributed by atoms with E-state index in [1.165, 1.54) is 23.1 Å². The molecule has 1 aromatic carbocycles. The minimum absolute atomic E-state index is 0.124. The molecule has 4 aromatic rings. The fourth-order valence-electron chi connectivity index (χ4n) is 3.52. The summed E-state index contributed by atoms with van der Waals surface area (Å²) in [5, 5.41) is 27.1. The van der Waals surface area contributed by atoms with Crippen LogP contribution < -0.4 is 16.0 Å². The Balaban J connectivity index is 1.59. The summed E-state index contributed by atoms with van der Waals surface area (Å²) < 4.78 is 13.9. The van der Waals surface area contributed by atoms with Crippen LogP contribution in [-0.2, 0) is 13.5 Å². The second kappa shape index (κ2) is 7.65. The molecule has 1 aliphatic heterocycles. The first-order chi connectivity index (χ1) is 15.5. The average molecular weight is 435 g/mol. The largest absolute Gasteiger partial charge is 0.503 e. The van der Waals surface area contributed by atoms with Gasteiger partial charge in [0.15, 0.2) is 17.4 Å². The summed E-state index contributed by atoms with van der Waals surface area (Å²) in [6.45, 7) is 0.486. The van der Waals surface area contributed by atoms with Crippen molar-refractivity contribution < 1.29 is 14.3 Å². The number of amides is 1. The molecule has 4 heterocycles. The Hall–Kier alpha value is -4.48. The summed E-state index contributed by atoms with van der Waals surface area (Å²) in [4.78, 5) is 26.0. The van der Waals surface area contributed by atoms with Crippen LogP contribution in [0.2, 0.25) is 0 Å². The lowest BCUT2D eigenvalue weighted by Gasteiger charge is -2.15. The second-order valence-corrected chi connectivity index (χ2v) is 7.11. The van der Waals surface area contributed by atoms with Gasteiger partial charge < -0.3 is 26.0 Å². The lowest BCUT2D eigenvalue weighted by molar-refractivity contribution is 0.0947. The lowest BCUT2D eigenvalue weighted by atomic mass is 10.1. The van der Waals surface area contributed by atoms with Crippen LogP contribution in [0.15, 0.2) is 36.7 Å². The smallest absolute Gasteiger partial charge is 0.255 e. The van der Waals surface area contributed by atoms with Crippen molar-refractivity contribution in [3.8, 4) is 17.1 Å². The van der Waals surface area contributed by atoms with Crippen LogP contribution in [0.5, 0.6) is 5.75 Å². The zero-order chi connectivity index (χ0) is 22.2. The Morgan fingerprint density at radius 1 is 1.25 bits per heavy atom. The number of aromatic amines is 1. The molecule has 1 aliphatic rings. The van der Waals surface area contributed by atoms with Crippen molar-refractivity contribution in [1.82, 2.24) is 35.3 Å². The van der Waals surface area contributed by atoms with E-state index in [0.717, 1.165) is 6.07 Å². The second-order valence-electron chi connectivity index (χ2n) is 7.11. The van der Waals surface area contributed by atoms with Crippen LogP contribution in [-0.4, -0.2) is 47.5 Å². The van der Waals surface area contributed by atoms with Gasteiger partial charge in [-0.2, -0.15) is 9.90 Å². The first-order valence-electron chi connectivity index (χ1n) is 9.74. The monoisotopic (exact) mass is 435 g/mol. The van der Waals surface area contributed by atoms with E-state index in [0.29, 0.717) is 47.1 Å². The third kappa shape index (κ3) is 3.47. The van der Waals surface area contributed by atoms with E-state index in [4.69, 9.17) is 0 Å². The maximum atomic E-state index is 13.9. The number of phenolic OH excluding ortho intramolecular Hbond substituents is 1. The zero-order valence-corrected chi connectivity index (χ0v) is 16.8. The van der Waals surface area contributed by atoms with Gasteiger partial charge in [0.25, 0.3) is 5.91 Å². The van der Waals surface area contributed by atoms with Gasteiger partial charge in [0.2, 0.25) is 5.95 Å². The van der Waals surface area contributed by atoms with Gasteiger partial charge in [-0.3, -0.25) is 4.79 Å². The molecule has 12 heteroatoms. The van der Waals surface area contributed by atoms with E-state index in [1.54, 1.807) is 19.3 Å². The number of H-pyrrole nitrogens is 1. The summed E-state index contributed by atoms with van der Waals surface area (Å²) in [5.74, 6) is -0.850. The summed E-state index contributed by atoms with van der Waals surface area (Å²) in [5.41, 5.74) is 2.58. The number of aryl methyl sites for hydroxylation is 1. The number of phenols is 1. The van der Waals surface area contributed by atoms with Gasteiger partial charge in [0.1, 0.15) is 0 Å². The minimum atomic E-state index is -0.775. The fourth-order valence-corrected chi connectivity index (χ4v) is 3.52. The number of para-hydroxylation sites is 1. The summed E-state index contributed by atoms with van der Waals surface area (Å²) >= 11 is 0. The highest BCUT2D eigenvalue weighted by atomic mass is 19.1. The summed E-state index contributed by atoms with van der Waals surface area (Å²) in [6.07, 6.45) is 3.68. The number of benzene rings is 1. The van der Waals surface area contributed by atoms with Crippen molar-refractivity contribution >= 4 is 29.0 Å². The molecule has 1 amide bonds. The number of carbonyl (C=O) groups excluding carboxylic acids is 1. The number of anilines is 4. The highest BCUT2D eigenvalue weighted by Crippen LogP contribution is 2.38. The van der Waals surface area contributed by atoms with Crippen molar-refractivity contribution in [3.05, 3.63) is 53.7 Å². The van der Waals surface area contributed by atoms with Crippen LogP contribution in [0.3, 0.4) is 0 Å². The fraction of sp³-hybridized carbons (Fsp3) is 0.150. The van der Waals surface area contributed by atoms with Gasteiger partial charge in [0.05, 0.1) is 34.5 Å². The van der Waals surface area contributed by atoms with E-state index in [-0.39, 0.29) is 17.5 Å². The summed E-state index contributed by atoms with van der Waals surface area (Å²) in [6, 6.07) is 5.80. The van der Waals surface area contributed by atoms with Gasteiger partial charge in [-0.05, 0) is 18.2 Å². The predicted octanol–water partition coefficient (Wildman–Crippen LogP) is 2.22. The van der Waals surface area contributed by atoms with Gasteiger partial charge in [-0.25, -0.2) is 14.4 Å². The van der Waals surface area contributed by atoms with Gasteiger partial charge >= 0.3 is 0 Å². The van der Waals surface area contributed by atoms with E-state index in [9.17, 15) is 14.3 Å². The maximum absolute atomic E-state index is 13.9. The van der Waals surface area contributed by atoms with Crippen LogP contribution in [0, 0.1) is 5.82 Å². The van der Waals surface area contributed by atoms with Crippen molar-refractivity contribution in [1.29, 1.82) is 0 Å². The number of nitrogens with zero attached hydrogens (tertiary/aromatic N) is 5. The molecule has 11 nitrogen and oxygen atoms in total. The molecule has 32 heavy (non-hydrogen) atoms. The first-order valence-corrected chi connectivity index (χ1v) is 9.74.